The van der Waals surface area contributed by atoms with Gasteiger partial charge in [-0.15, -0.1) is 0 Å². The summed E-state index contributed by atoms with van der Waals surface area (Å²) in [6.07, 6.45) is 1.02. The van der Waals surface area contributed by atoms with Crippen molar-refractivity contribution in [2.45, 2.75) is 19.4 Å². The average molecular weight is 300 g/mol. The van der Waals surface area contributed by atoms with Gasteiger partial charge in [0.15, 0.2) is 0 Å². The number of rotatable bonds is 9. The van der Waals surface area contributed by atoms with E-state index in [2.05, 4.69) is 41.0 Å². The van der Waals surface area contributed by atoms with Crippen molar-refractivity contribution >= 4 is 5.97 Å². The van der Waals surface area contributed by atoms with Crippen LogP contribution in [0.1, 0.15) is 13.3 Å². The van der Waals surface area contributed by atoms with Crippen molar-refractivity contribution in [1.82, 2.24) is 20.0 Å². The zero-order valence-electron chi connectivity index (χ0n) is 14.1. The molecule has 1 aliphatic rings. The Morgan fingerprint density at radius 2 is 1.86 bits per heavy atom. The van der Waals surface area contributed by atoms with Gasteiger partial charge in [-0.3, -0.25) is 14.6 Å². The second-order valence-corrected chi connectivity index (χ2v) is 5.98. The van der Waals surface area contributed by atoms with Crippen molar-refractivity contribution in [3.8, 4) is 0 Å². The summed E-state index contributed by atoms with van der Waals surface area (Å²) in [5.74, 6) is -0.154. The molecule has 1 atom stereocenters. The van der Waals surface area contributed by atoms with Crippen LogP contribution < -0.4 is 5.32 Å². The van der Waals surface area contributed by atoms with Gasteiger partial charge in [-0.25, -0.2) is 0 Å². The fourth-order valence-electron chi connectivity index (χ4n) is 2.48. The van der Waals surface area contributed by atoms with Crippen molar-refractivity contribution in [2.75, 3.05) is 73.6 Å². The van der Waals surface area contributed by atoms with Gasteiger partial charge in [0.1, 0.15) is 6.04 Å². The molecule has 0 aromatic rings. The van der Waals surface area contributed by atoms with E-state index >= 15 is 0 Å². The minimum absolute atomic E-state index is 0.154. The first kappa shape index (κ1) is 18.4. The Bertz CT molecular complexity index is 291. The number of ether oxygens (including phenoxy) is 1. The van der Waals surface area contributed by atoms with Gasteiger partial charge in [-0.2, -0.15) is 0 Å². The first-order valence-electron chi connectivity index (χ1n) is 7.97. The highest BCUT2D eigenvalue weighted by Crippen LogP contribution is 2.04. The Morgan fingerprint density at radius 3 is 2.38 bits per heavy atom. The maximum Gasteiger partial charge on any atom is 0.324 e. The third kappa shape index (κ3) is 7.22. The van der Waals surface area contributed by atoms with Gasteiger partial charge in [-0.05, 0) is 27.1 Å². The van der Waals surface area contributed by atoms with Gasteiger partial charge in [0, 0.05) is 45.8 Å². The number of nitrogens with zero attached hydrogens (tertiary/aromatic N) is 3. The predicted molar refractivity (Wildman–Crippen MR) is 85.5 cm³/mol. The number of likely N-dealkylation sites (N-methyl/N-ethyl adjacent to an activating group) is 1. The molecule has 1 N–H and O–H groups in total. The van der Waals surface area contributed by atoms with Crippen molar-refractivity contribution in [3.63, 3.8) is 0 Å². The number of carbonyl (C=O) groups is 1. The molecule has 0 aromatic heterocycles. The quantitative estimate of drug-likeness (QED) is 0.591. The molecule has 0 amide bonds. The topological polar surface area (TPSA) is 48.0 Å². The Balaban J connectivity index is 2.32. The van der Waals surface area contributed by atoms with E-state index in [1.165, 1.54) is 7.11 Å². The van der Waals surface area contributed by atoms with Gasteiger partial charge >= 0.3 is 5.97 Å². The van der Waals surface area contributed by atoms with Crippen molar-refractivity contribution in [2.24, 2.45) is 0 Å². The zero-order chi connectivity index (χ0) is 15.7. The molecule has 6 nitrogen and oxygen atoms in total. The number of esters is 1. The van der Waals surface area contributed by atoms with Gasteiger partial charge in [-0.1, -0.05) is 6.92 Å². The number of hydrogen-bond donors (Lipinski definition) is 1. The minimum atomic E-state index is -0.205. The molecular weight excluding hydrogens is 268 g/mol. The van der Waals surface area contributed by atoms with Gasteiger partial charge in [0.25, 0.3) is 0 Å². The summed E-state index contributed by atoms with van der Waals surface area (Å²) in [4.78, 5) is 18.9. The molecule has 1 fully saturated rings. The third-order valence-electron chi connectivity index (χ3n) is 3.90. The van der Waals surface area contributed by atoms with E-state index in [9.17, 15) is 4.79 Å². The fraction of sp³-hybridized carbons (Fsp3) is 0.933. The van der Waals surface area contributed by atoms with E-state index in [1.54, 1.807) is 0 Å². The normalized spacial score (nSPS) is 18.9. The van der Waals surface area contributed by atoms with E-state index < -0.39 is 0 Å². The molecule has 124 valence electrons. The first-order chi connectivity index (χ1) is 10.1. The van der Waals surface area contributed by atoms with Crippen LogP contribution in [-0.2, 0) is 9.53 Å². The largest absolute Gasteiger partial charge is 0.468 e. The lowest BCUT2D eigenvalue weighted by molar-refractivity contribution is -0.143. The van der Waals surface area contributed by atoms with Crippen LogP contribution in [0.25, 0.3) is 0 Å². The van der Waals surface area contributed by atoms with Crippen LogP contribution in [0.2, 0.25) is 0 Å². The first-order valence-corrected chi connectivity index (χ1v) is 7.97. The van der Waals surface area contributed by atoms with E-state index in [0.29, 0.717) is 0 Å². The molecule has 1 rings (SSSR count). The summed E-state index contributed by atoms with van der Waals surface area (Å²) in [6.45, 7) is 10.1. The average Bonchev–Trinajstić information content (AvgIpc) is 2.49. The molecule has 0 aliphatic carbocycles. The minimum Gasteiger partial charge on any atom is -0.468 e. The molecule has 0 saturated carbocycles. The zero-order valence-corrected chi connectivity index (χ0v) is 14.1. The molecule has 6 heteroatoms. The lowest BCUT2D eigenvalue weighted by atomic mass is 10.2. The Morgan fingerprint density at radius 1 is 1.24 bits per heavy atom. The highest BCUT2D eigenvalue weighted by atomic mass is 16.5. The van der Waals surface area contributed by atoms with E-state index in [-0.39, 0.29) is 12.0 Å². The Labute approximate surface area is 129 Å². The molecule has 1 aliphatic heterocycles. The maximum absolute atomic E-state index is 11.8. The third-order valence-corrected chi connectivity index (χ3v) is 3.90. The van der Waals surface area contributed by atoms with Crippen LogP contribution in [0, 0.1) is 0 Å². The lowest BCUT2D eigenvalue weighted by Gasteiger charge is -2.36. The van der Waals surface area contributed by atoms with Crippen molar-refractivity contribution in [3.05, 3.63) is 0 Å². The van der Waals surface area contributed by atoms with Crippen LogP contribution in [-0.4, -0.2) is 100 Å². The molecule has 1 heterocycles. The van der Waals surface area contributed by atoms with Crippen LogP contribution in [0.15, 0.2) is 0 Å². The highest BCUT2D eigenvalue weighted by molar-refractivity contribution is 5.75. The maximum atomic E-state index is 11.8. The van der Waals surface area contributed by atoms with Crippen molar-refractivity contribution in [1.29, 1.82) is 0 Å². The monoisotopic (exact) mass is 300 g/mol. The van der Waals surface area contributed by atoms with Gasteiger partial charge in [0.2, 0.25) is 0 Å². The molecule has 0 spiro atoms. The standard InChI is InChI=1S/C15H32N4O2/c1-5-6-16-14(15(20)21-4)13-19-11-9-18(10-12-19)8-7-17(2)3/h14,16H,5-13H2,1-4H3. The molecule has 0 bridgehead atoms. The summed E-state index contributed by atoms with van der Waals surface area (Å²) in [5, 5.41) is 3.28. The molecular formula is C15H32N4O2. The van der Waals surface area contributed by atoms with Crippen LogP contribution in [0.4, 0.5) is 0 Å². The summed E-state index contributed by atoms with van der Waals surface area (Å²) in [6, 6.07) is -0.205. The van der Waals surface area contributed by atoms with E-state index in [0.717, 1.165) is 58.8 Å². The number of carbonyl (C=O) groups excluding carboxylic acids is 1. The van der Waals surface area contributed by atoms with Crippen LogP contribution in [0.3, 0.4) is 0 Å². The fourth-order valence-corrected chi connectivity index (χ4v) is 2.48. The van der Waals surface area contributed by atoms with Gasteiger partial charge in [0.05, 0.1) is 7.11 Å². The molecule has 1 saturated heterocycles. The van der Waals surface area contributed by atoms with Crippen LogP contribution in [0.5, 0.6) is 0 Å². The predicted octanol–water partition coefficient (Wildman–Crippen LogP) is -0.293. The summed E-state index contributed by atoms with van der Waals surface area (Å²) in [7, 11) is 5.68. The number of nitrogens with one attached hydrogen (secondary N) is 1. The highest BCUT2D eigenvalue weighted by Gasteiger charge is 2.24. The SMILES string of the molecule is CCCNC(CN1CCN(CCN(C)C)CC1)C(=O)OC. The summed E-state index contributed by atoms with van der Waals surface area (Å²) >= 11 is 0. The van der Waals surface area contributed by atoms with Crippen LogP contribution >= 0.6 is 0 Å². The Hall–Kier alpha value is -0.690. The van der Waals surface area contributed by atoms with E-state index in [1.807, 2.05) is 0 Å². The molecule has 1 unspecified atom stereocenters. The van der Waals surface area contributed by atoms with Gasteiger partial charge < -0.3 is 15.0 Å². The molecule has 0 aromatic carbocycles. The number of methoxy groups -OCH3 is 1. The second-order valence-electron chi connectivity index (χ2n) is 5.98. The number of hydrogen-bond acceptors (Lipinski definition) is 6. The smallest absolute Gasteiger partial charge is 0.324 e. The van der Waals surface area contributed by atoms with E-state index in [4.69, 9.17) is 4.74 Å². The lowest BCUT2D eigenvalue weighted by Crippen LogP contribution is -2.53. The second kappa shape index (κ2) is 10.1. The summed E-state index contributed by atoms with van der Waals surface area (Å²) < 4.78 is 4.89. The molecule has 21 heavy (non-hydrogen) atoms. The van der Waals surface area contributed by atoms with Crippen molar-refractivity contribution < 1.29 is 9.53 Å². The molecule has 0 radical (unpaired) electrons. The summed E-state index contributed by atoms with van der Waals surface area (Å²) in [5.41, 5.74) is 0. The Kier molecular flexibility index (Phi) is 8.84. The number of piperazine rings is 1.